The van der Waals surface area contributed by atoms with Crippen molar-refractivity contribution >= 4 is 23.5 Å². The second-order valence-electron chi connectivity index (χ2n) is 5.26. The summed E-state index contributed by atoms with van der Waals surface area (Å²) in [6, 6.07) is 0. The van der Waals surface area contributed by atoms with E-state index in [1.807, 2.05) is 0 Å². The smallest absolute Gasteiger partial charge is 0.339 e. The van der Waals surface area contributed by atoms with Gasteiger partial charge in [0.2, 0.25) is 11.6 Å². The molecule has 0 saturated heterocycles. The summed E-state index contributed by atoms with van der Waals surface area (Å²) in [4.78, 5) is 45.6. The quantitative estimate of drug-likeness (QED) is 0.137. The first-order valence-electron chi connectivity index (χ1n) is 7.61. The van der Waals surface area contributed by atoms with E-state index in [9.17, 15) is 19.2 Å². The average Bonchev–Trinajstić information content (AvgIpc) is 2.60. The first-order chi connectivity index (χ1) is 12.4. The third kappa shape index (κ3) is 8.32. The Labute approximate surface area is 192 Å². The van der Waals surface area contributed by atoms with Crippen molar-refractivity contribution in [3.05, 3.63) is 71.1 Å². The molecule has 0 heterocycles. The molecule has 0 aromatic rings. The zero-order valence-corrected chi connectivity index (χ0v) is 17.1. The van der Waals surface area contributed by atoms with Crippen LogP contribution in [-0.2, 0) is 52.7 Å². The number of aliphatic carboxylic acids is 2. The normalized spacial score (nSPS) is 16.8. The van der Waals surface area contributed by atoms with Gasteiger partial charge < -0.3 is 31.8 Å². The minimum Gasteiger partial charge on any atom is -0.478 e. The van der Waals surface area contributed by atoms with Crippen molar-refractivity contribution in [1.82, 2.24) is 10.6 Å². The number of carboxylic acid groups (broad SMARTS) is 2. The zero-order valence-electron chi connectivity index (χ0n) is 15.2. The molecule has 0 bridgehead atoms. The van der Waals surface area contributed by atoms with Gasteiger partial charge in [0.05, 0.1) is 0 Å². The predicted molar refractivity (Wildman–Crippen MR) is 99.1 cm³/mol. The van der Waals surface area contributed by atoms with Crippen LogP contribution < -0.4 is 10.6 Å². The number of allylic oxidation sites excluding steroid dienone is 8. The first kappa shape index (κ1) is 31.9. The maximum Gasteiger partial charge on any atom is 0.339 e. The molecule has 2 rings (SSSR count). The van der Waals surface area contributed by atoms with E-state index in [0.717, 1.165) is 0 Å². The van der Waals surface area contributed by atoms with E-state index >= 15 is 0 Å². The molecule has 0 aromatic heterocycles. The fourth-order valence-corrected chi connectivity index (χ4v) is 2.18. The largest absolute Gasteiger partial charge is 0.478 e. The van der Waals surface area contributed by atoms with Crippen molar-refractivity contribution in [2.24, 2.45) is 0 Å². The summed E-state index contributed by atoms with van der Waals surface area (Å²) >= 11 is 0. The van der Waals surface area contributed by atoms with Gasteiger partial charge in [-0.05, 0) is 24.3 Å². The van der Waals surface area contributed by atoms with Crippen LogP contribution in [0.1, 0.15) is 0 Å². The van der Waals surface area contributed by atoms with Crippen molar-refractivity contribution in [2.45, 2.75) is 0 Å². The summed E-state index contributed by atoms with van der Waals surface area (Å²) in [5.41, 5.74) is -0.142. The van der Waals surface area contributed by atoms with Gasteiger partial charge in [0.25, 0.3) is 0 Å². The molecular weight excluding hydrogens is 494 g/mol. The molecule has 2 aliphatic rings. The van der Waals surface area contributed by atoms with E-state index < -0.39 is 23.5 Å². The molecule has 10 nitrogen and oxygen atoms in total. The second kappa shape index (κ2) is 15.1. The Morgan fingerprint density at radius 3 is 1.43 bits per heavy atom. The molecule has 1 radical (unpaired) electrons. The molecule has 0 unspecified atom stereocenters. The Balaban J connectivity index is -0.00000182. The van der Waals surface area contributed by atoms with Crippen LogP contribution in [0.4, 0.5) is 0 Å². The number of carbonyl (C=O) groups is 4. The molecule has 2 aliphatic carbocycles. The van der Waals surface area contributed by atoms with Crippen LogP contribution in [0.3, 0.4) is 0 Å². The SMILES string of the molecule is O.O.O=C(O)C1=CC=CC(=CNCCNC=C2C=CC=C(C(=O)O)C2=O)C1=O.[Cu].[Ni]. The van der Waals surface area contributed by atoms with Crippen LogP contribution >= 0.6 is 0 Å². The van der Waals surface area contributed by atoms with Gasteiger partial charge in [0.15, 0.2) is 0 Å². The van der Waals surface area contributed by atoms with Gasteiger partial charge in [-0.2, -0.15) is 0 Å². The molecule has 0 spiro atoms. The van der Waals surface area contributed by atoms with E-state index in [4.69, 9.17) is 10.2 Å². The maximum atomic E-state index is 11.9. The summed E-state index contributed by atoms with van der Waals surface area (Å²) in [6.45, 7) is 0.778. The Bertz CT molecular complexity index is 786. The van der Waals surface area contributed by atoms with Gasteiger partial charge in [-0.1, -0.05) is 12.2 Å². The topological polar surface area (TPSA) is 196 Å². The minimum absolute atomic E-state index is 0. The fraction of sp³-hybridized carbons (Fsp3) is 0.111. The Morgan fingerprint density at radius 1 is 0.800 bits per heavy atom. The third-order valence-electron chi connectivity index (χ3n) is 3.48. The summed E-state index contributed by atoms with van der Waals surface area (Å²) in [7, 11) is 0. The van der Waals surface area contributed by atoms with Gasteiger partial charge in [0.1, 0.15) is 11.1 Å². The summed E-state index contributed by atoms with van der Waals surface area (Å²) in [5.74, 6) is -3.71. The average molecular weight is 515 g/mol. The molecule has 12 heteroatoms. The van der Waals surface area contributed by atoms with Crippen molar-refractivity contribution in [1.29, 1.82) is 0 Å². The number of hydrogen-bond acceptors (Lipinski definition) is 6. The van der Waals surface area contributed by atoms with Gasteiger partial charge in [-0.25, -0.2) is 9.59 Å². The van der Waals surface area contributed by atoms with Gasteiger partial charge in [-0.15, -0.1) is 0 Å². The van der Waals surface area contributed by atoms with E-state index in [1.54, 1.807) is 0 Å². The molecule has 0 aromatic carbocycles. The van der Waals surface area contributed by atoms with Gasteiger partial charge in [0, 0.05) is 70.2 Å². The van der Waals surface area contributed by atoms with Crippen LogP contribution in [0, 0.1) is 0 Å². The molecule has 30 heavy (non-hydrogen) atoms. The number of Topliss-reactive ketones (excluding diaryl/α,β-unsaturated/α-hetero) is 2. The molecule has 0 atom stereocenters. The first-order valence-corrected chi connectivity index (χ1v) is 7.61. The van der Waals surface area contributed by atoms with Crippen LogP contribution in [0.5, 0.6) is 0 Å². The van der Waals surface area contributed by atoms with Crippen LogP contribution in [-0.4, -0.2) is 57.8 Å². The molecule has 0 amide bonds. The zero-order chi connectivity index (χ0) is 19.1. The maximum absolute atomic E-state index is 11.9. The predicted octanol–water partition coefficient (Wildman–Crippen LogP) is -1.42. The standard InChI is InChI=1S/C18H16N2O6.Cu.Ni.2H2O/c21-15-11(3-1-5-13(15)17(23)24)9-19-7-8-20-10-12-4-2-6-14(16(12)22)18(25)26;;;;/h1-6,9-10,19-20H,7-8H2,(H,23,24)(H,25,26);;;2*1H2. The molecule has 0 saturated carbocycles. The Morgan fingerprint density at radius 2 is 1.13 bits per heavy atom. The fourth-order valence-electron chi connectivity index (χ4n) is 2.18. The van der Waals surface area contributed by atoms with E-state index in [1.165, 1.54) is 48.9 Å². The van der Waals surface area contributed by atoms with Crippen LogP contribution in [0.2, 0.25) is 0 Å². The van der Waals surface area contributed by atoms with E-state index in [-0.39, 0.29) is 66.8 Å². The number of carboxylic acids is 2. The Kier molecular flexibility index (Phi) is 16.1. The number of nitrogens with one attached hydrogen (secondary N) is 2. The monoisotopic (exact) mass is 513 g/mol. The number of ketones is 2. The molecule has 8 N–H and O–H groups in total. The van der Waals surface area contributed by atoms with E-state index in [2.05, 4.69) is 10.6 Å². The number of carbonyl (C=O) groups excluding carboxylic acids is 2. The van der Waals surface area contributed by atoms with Gasteiger partial charge >= 0.3 is 11.9 Å². The van der Waals surface area contributed by atoms with Crippen LogP contribution in [0.15, 0.2) is 71.1 Å². The summed E-state index contributed by atoms with van der Waals surface area (Å²) in [5, 5.41) is 23.5. The van der Waals surface area contributed by atoms with Crippen molar-refractivity contribution in [2.75, 3.05) is 13.1 Å². The molecule has 0 aliphatic heterocycles. The van der Waals surface area contributed by atoms with Gasteiger partial charge in [-0.3, -0.25) is 9.59 Å². The van der Waals surface area contributed by atoms with Crippen molar-refractivity contribution in [3.63, 3.8) is 0 Å². The van der Waals surface area contributed by atoms with Crippen LogP contribution in [0.25, 0.3) is 0 Å². The minimum atomic E-state index is -1.28. The number of rotatable bonds is 7. The second-order valence-corrected chi connectivity index (χ2v) is 5.26. The molecule has 0 fully saturated rings. The van der Waals surface area contributed by atoms with E-state index in [0.29, 0.717) is 13.1 Å². The molecular formula is C18H20CuN2NiO8. The molecule has 171 valence electrons. The summed E-state index contributed by atoms with van der Waals surface area (Å²) in [6.07, 6.45) is 11.3. The van der Waals surface area contributed by atoms with Crippen molar-refractivity contribution in [3.8, 4) is 0 Å². The summed E-state index contributed by atoms with van der Waals surface area (Å²) < 4.78 is 0. The third-order valence-corrected chi connectivity index (χ3v) is 3.48. The number of hydrogen-bond donors (Lipinski definition) is 4. The Hall–Kier alpha value is -2.75. The van der Waals surface area contributed by atoms with Crippen molar-refractivity contribution < 1.29 is 73.9 Å².